The maximum atomic E-state index is 12.4. The normalized spacial score (nSPS) is 10.7. The number of nitrogens with two attached hydrogens (primary N) is 1. The van der Waals surface area contributed by atoms with Gasteiger partial charge in [-0.3, -0.25) is 4.79 Å². The van der Waals surface area contributed by atoms with Crippen molar-refractivity contribution in [2.75, 3.05) is 11.1 Å². The Bertz CT molecular complexity index is 680. The van der Waals surface area contributed by atoms with E-state index in [1.54, 1.807) is 0 Å². The van der Waals surface area contributed by atoms with E-state index in [4.69, 9.17) is 5.73 Å². The fraction of sp³-hybridized carbons (Fsp3) is 0.312. The van der Waals surface area contributed by atoms with Crippen LogP contribution >= 0.6 is 0 Å². The first kappa shape index (κ1) is 15.0. The van der Waals surface area contributed by atoms with Crippen LogP contribution in [0.25, 0.3) is 0 Å². The largest absolute Gasteiger partial charge is 0.396 e. The third-order valence-electron chi connectivity index (χ3n) is 3.21. The first-order chi connectivity index (χ1) is 9.88. The zero-order chi connectivity index (χ0) is 15.6. The van der Waals surface area contributed by atoms with Crippen LogP contribution in [-0.2, 0) is 0 Å². The van der Waals surface area contributed by atoms with Crippen LogP contribution in [-0.4, -0.2) is 15.9 Å². The van der Waals surface area contributed by atoms with Crippen LogP contribution in [0.1, 0.15) is 47.2 Å². The molecule has 1 amide bonds. The van der Waals surface area contributed by atoms with Crippen molar-refractivity contribution in [1.29, 1.82) is 0 Å². The average Bonchev–Trinajstić information content (AvgIpc) is 2.43. The predicted octanol–water partition coefficient (Wildman–Crippen LogP) is 3.05. The number of hydrogen-bond acceptors (Lipinski definition) is 4. The van der Waals surface area contributed by atoms with Gasteiger partial charge in [-0.05, 0) is 31.0 Å². The van der Waals surface area contributed by atoms with E-state index in [0.717, 1.165) is 16.8 Å². The van der Waals surface area contributed by atoms with Crippen molar-refractivity contribution >= 4 is 17.3 Å². The molecule has 0 spiro atoms. The average molecular weight is 284 g/mol. The summed E-state index contributed by atoms with van der Waals surface area (Å²) < 4.78 is 0. The lowest BCUT2D eigenvalue weighted by atomic mass is 10.1. The molecule has 0 saturated carbocycles. The van der Waals surface area contributed by atoms with Crippen molar-refractivity contribution < 1.29 is 4.79 Å². The molecule has 2 aromatic rings. The molecule has 1 aromatic heterocycles. The maximum absolute atomic E-state index is 12.4. The summed E-state index contributed by atoms with van der Waals surface area (Å²) in [6.07, 6.45) is 1.49. The highest BCUT2D eigenvalue weighted by molar-refractivity contribution is 6.06. The summed E-state index contributed by atoms with van der Waals surface area (Å²) in [5.41, 5.74) is 9.16. The van der Waals surface area contributed by atoms with Crippen LogP contribution in [0.2, 0.25) is 0 Å². The molecule has 2 rings (SSSR count). The number of nitrogens with zero attached hydrogens (tertiary/aromatic N) is 2. The van der Waals surface area contributed by atoms with E-state index in [-0.39, 0.29) is 23.2 Å². The molecule has 0 aliphatic rings. The molecular formula is C16H20N4O. The van der Waals surface area contributed by atoms with E-state index < -0.39 is 0 Å². The second-order valence-electron chi connectivity index (χ2n) is 5.46. The number of rotatable bonds is 3. The van der Waals surface area contributed by atoms with Crippen molar-refractivity contribution in [3.8, 4) is 0 Å². The number of hydrogen-bond donors (Lipinski definition) is 2. The van der Waals surface area contributed by atoms with Crippen LogP contribution in [0.5, 0.6) is 0 Å². The van der Waals surface area contributed by atoms with Crippen molar-refractivity contribution in [2.24, 2.45) is 0 Å². The van der Waals surface area contributed by atoms with Gasteiger partial charge in [0.1, 0.15) is 5.82 Å². The van der Waals surface area contributed by atoms with Gasteiger partial charge in [-0.15, -0.1) is 0 Å². The number of aryl methyl sites for hydroxylation is 2. The summed E-state index contributed by atoms with van der Waals surface area (Å²) in [5, 5.41) is 2.87. The standard InChI is InChI=1S/C16H20N4O/c1-9(2)15-18-8-12(17)14(20-15)16(21)19-13-7-10(3)5-6-11(13)4/h5-9H,17H2,1-4H3,(H,19,21). The molecule has 5 heteroatoms. The molecule has 21 heavy (non-hydrogen) atoms. The molecule has 0 atom stereocenters. The molecule has 1 aromatic carbocycles. The third kappa shape index (κ3) is 3.37. The Morgan fingerprint density at radius 1 is 1.29 bits per heavy atom. The summed E-state index contributed by atoms with van der Waals surface area (Å²) in [7, 11) is 0. The lowest BCUT2D eigenvalue weighted by molar-refractivity contribution is 0.102. The molecular weight excluding hydrogens is 264 g/mol. The monoisotopic (exact) mass is 284 g/mol. The molecule has 0 aliphatic heterocycles. The van der Waals surface area contributed by atoms with Crippen molar-refractivity contribution in [3.05, 3.63) is 47.0 Å². The summed E-state index contributed by atoms with van der Waals surface area (Å²) in [6.45, 7) is 7.86. The Labute approximate surface area is 124 Å². The number of nitrogen functional groups attached to an aromatic ring is 1. The molecule has 1 heterocycles. The van der Waals surface area contributed by atoms with Gasteiger partial charge in [-0.1, -0.05) is 26.0 Å². The molecule has 0 unspecified atom stereocenters. The Morgan fingerprint density at radius 3 is 2.67 bits per heavy atom. The molecule has 0 aliphatic carbocycles. The molecule has 0 bridgehead atoms. The zero-order valence-electron chi connectivity index (χ0n) is 12.8. The van der Waals surface area contributed by atoms with Gasteiger partial charge in [0.15, 0.2) is 5.69 Å². The molecule has 0 fully saturated rings. The zero-order valence-corrected chi connectivity index (χ0v) is 12.8. The van der Waals surface area contributed by atoms with Crippen LogP contribution in [0.15, 0.2) is 24.4 Å². The van der Waals surface area contributed by atoms with Gasteiger partial charge in [0.2, 0.25) is 0 Å². The van der Waals surface area contributed by atoms with Crippen LogP contribution in [0.3, 0.4) is 0 Å². The number of aromatic nitrogens is 2. The van der Waals surface area contributed by atoms with Crippen molar-refractivity contribution in [2.45, 2.75) is 33.6 Å². The topological polar surface area (TPSA) is 80.9 Å². The highest BCUT2D eigenvalue weighted by Crippen LogP contribution is 2.19. The number of carbonyl (C=O) groups is 1. The lowest BCUT2D eigenvalue weighted by Gasteiger charge is -2.11. The fourth-order valence-corrected chi connectivity index (χ4v) is 1.92. The molecule has 3 N–H and O–H groups in total. The first-order valence-electron chi connectivity index (χ1n) is 6.89. The summed E-state index contributed by atoms with van der Waals surface area (Å²) in [4.78, 5) is 20.8. The highest BCUT2D eigenvalue weighted by Gasteiger charge is 2.15. The maximum Gasteiger partial charge on any atom is 0.276 e. The highest BCUT2D eigenvalue weighted by atomic mass is 16.1. The number of benzene rings is 1. The predicted molar refractivity (Wildman–Crippen MR) is 84.4 cm³/mol. The minimum absolute atomic E-state index is 0.137. The van der Waals surface area contributed by atoms with E-state index in [9.17, 15) is 4.79 Å². The Balaban J connectivity index is 2.32. The smallest absolute Gasteiger partial charge is 0.276 e. The van der Waals surface area contributed by atoms with E-state index in [1.807, 2.05) is 45.9 Å². The second-order valence-corrected chi connectivity index (χ2v) is 5.46. The first-order valence-corrected chi connectivity index (χ1v) is 6.89. The fourth-order valence-electron chi connectivity index (χ4n) is 1.92. The Morgan fingerprint density at radius 2 is 2.00 bits per heavy atom. The van der Waals surface area contributed by atoms with Gasteiger partial charge >= 0.3 is 0 Å². The van der Waals surface area contributed by atoms with Gasteiger partial charge in [0.05, 0.1) is 11.9 Å². The van der Waals surface area contributed by atoms with Crippen molar-refractivity contribution in [3.63, 3.8) is 0 Å². The van der Waals surface area contributed by atoms with Gasteiger partial charge in [-0.25, -0.2) is 9.97 Å². The van der Waals surface area contributed by atoms with Gasteiger partial charge in [-0.2, -0.15) is 0 Å². The van der Waals surface area contributed by atoms with Gasteiger partial charge in [0.25, 0.3) is 5.91 Å². The minimum Gasteiger partial charge on any atom is -0.396 e. The SMILES string of the molecule is Cc1ccc(C)c(NC(=O)c2nc(C(C)C)ncc2N)c1. The number of nitrogens with one attached hydrogen (secondary N) is 1. The van der Waals surface area contributed by atoms with E-state index >= 15 is 0 Å². The molecule has 0 radical (unpaired) electrons. The minimum atomic E-state index is -0.314. The summed E-state index contributed by atoms with van der Waals surface area (Å²) >= 11 is 0. The quantitative estimate of drug-likeness (QED) is 0.907. The molecule has 5 nitrogen and oxygen atoms in total. The summed E-state index contributed by atoms with van der Waals surface area (Å²) in [5.74, 6) is 0.429. The number of carbonyl (C=O) groups excluding carboxylic acids is 1. The number of anilines is 2. The Kier molecular flexibility index (Phi) is 4.21. The molecule has 0 saturated heterocycles. The summed E-state index contributed by atoms with van der Waals surface area (Å²) in [6, 6.07) is 5.89. The van der Waals surface area contributed by atoms with Crippen LogP contribution in [0.4, 0.5) is 11.4 Å². The number of amides is 1. The van der Waals surface area contributed by atoms with Crippen LogP contribution < -0.4 is 11.1 Å². The van der Waals surface area contributed by atoms with E-state index in [0.29, 0.717) is 5.82 Å². The molecule has 110 valence electrons. The van der Waals surface area contributed by atoms with E-state index in [1.165, 1.54) is 6.20 Å². The van der Waals surface area contributed by atoms with E-state index in [2.05, 4.69) is 15.3 Å². The van der Waals surface area contributed by atoms with Gasteiger partial charge < -0.3 is 11.1 Å². The second kappa shape index (κ2) is 5.91. The Hall–Kier alpha value is -2.43. The van der Waals surface area contributed by atoms with Gasteiger partial charge in [0, 0.05) is 11.6 Å². The van der Waals surface area contributed by atoms with Crippen LogP contribution in [0, 0.1) is 13.8 Å². The lowest BCUT2D eigenvalue weighted by Crippen LogP contribution is -2.18. The van der Waals surface area contributed by atoms with Crippen molar-refractivity contribution in [1.82, 2.24) is 9.97 Å². The third-order valence-corrected chi connectivity index (χ3v) is 3.21.